The molecule has 0 aliphatic carbocycles. The molecule has 3 heterocycles. The largest absolute Gasteiger partial charge is 0.388 e. The molecule has 2 aliphatic heterocycles. The minimum atomic E-state index is -0.748. The van der Waals surface area contributed by atoms with Crippen LogP contribution < -0.4 is 5.32 Å². The molecule has 2 N–H and O–H groups in total. The number of carbonyl (C=O) groups is 1. The van der Waals surface area contributed by atoms with Crippen LogP contribution in [0, 0.1) is 0 Å². The zero-order valence-electron chi connectivity index (χ0n) is 14.3. The van der Waals surface area contributed by atoms with Crippen molar-refractivity contribution in [3.63, 3.8) is 0 Å². The summed E-state index contributed by atoms with van der Waals surface area (Å²) in [7, 11) is 1.45. The Balaban J connectivity index is 1.54. The Morgan fingerprint density at radius 1 is 1.48 bits per heavy atom. The maximum Gasteiger partial charge on any atom is 0.246 e. The van der Waals surface area contributed by atoms with Crippen molar-refractivity contribution in [3.05, 3.63) is 11.9 Å². The highest BCUT2D eigenvalue weighted by Crippen LogP contribution is 2.16. The van der Waals surface area contributed by atoms with Crippen molar-refractivity contribution in [1.29, 1.82) is 0 Å². The zero-order valence-corrected chi connectivity index (χ0v) is 14.3. The second-order valence-electron chi connectivity index (χ2n) is 6.29. The first-order valence-corrected chi connectivity index (χ1v) is 8.43. The third-order valence-electron chi connectivity index (χ3n) is 4.34. The van der Waals surface area contributed by atoms with E-state index in [1.807, 2.05) is 6.20 Å². The number of methoxy groups -OCH3 is 1. The van der Waals surface area contributed by atoms with E-state index in [4.69, 9.17) is 14.2 Å². The third kappa shape index (κ3) is 4.95. The highest BCUT2D eigenvalue weighted by atomic mass is 16.5. The molecular formula is C15H25N5O5. The molecule has 10 nitrogen and oxygen atoms in total. The van der Waals surface area contributed by atoms with E-state index < -0.39 is 12.1 Å². The number of amides is 1. The number of carbonyl (C=O) groups excluding carboxylic acids is 1. The molecule has 0 spiro atoms. The van der Waals surface area contributed by atoms with E-state index in [9.17, 15) is 9.90 Å². The van der Waals surface area contributed by atoms with Crippen LogP contribution in [0.15, 0.2) is 6.20 Å². The van der Waals surface area contributed by atoms with E-state index in [1.165, 1.54) is 7.11 Å². The summed E-state index contributed by atoms with van der Waals surface area (Å²) in [6, 6.07) is -0.491. The zero-order chi connectivity index (χ0) is 17.6. The SMILES string of the molecule is COCC(=O)N[C@@H]1[C@@H](O)CO[C@@H]1Cn1cc(CN2CCOCC2)nn1. The lowest BCUT2D eigenvalue weighted by molar-refractivity contribution is -0.126. The van der Waals surface area contributed by atoms with Crippen molar-refractivity contribution >= 4 is 5.91 Å². The minimum absolute atomic E-state index is 0.0526. The number of aliphatic hydroxyl groups excluding tert-OH is 1. The molecule has 0 unspecified atom stereocenters. The predicted octanol–water partition coefficient (Wildman–Crippen LogP) is -2.00. The Hall–Kier alpha value is -1.59. The molecule has 25 heavy (non-hydrogen) atoms. The summed E-state index contributed by atoms with van der Waals surface area (Å²) in [5.41, 5.74) is 0.875. The highest BCUT2D eigenvalue weighted by molar-refractivity contribution is 5.77. The van der Waals surface area contributed by atoms with Crippen LogP contribution in [0.4, 0.5) is 0 Å². The molecule has 2 saturated heterocycles. The Labute approximate surface area is 146 Å². The van der Waals surface area contributed by atoms with Crippen LogP contribution in [0.2, 0.25) is 0 Å². The van der Waals surface area contributed by atoms with Gasteiger partial charge in [0.1, 0.15) is 12.7 Å². The molecule has 2 fully saturated rings. The van der Waals surface area contributed by atoms with E-state index >= 15 is 0 Å². The molecule has 0 saturated carbocycles. The van der Waals surface area contributed by atoms with Crippen LogP contribution in [0.25, 0.3) is 0 Å². The van der Waals surface area contributed by atoms with Crippen LogP contribution in [-0.2, 0) is 32.1 Å². The number of morpholine rings is 1. The van der Waals surface area contributed by atoms with E-state index in [1.54, 1.807) is 4.68 Å². The van der Waals surface area contributed by atoms with Crippen molar-refractivity contribution in [2.24, 2.45) is 0 Å². The molecule has 3 rings (SSSR count). The van der Waals surface area contributed by atoms with Crippen LogP contribution in [0.5, 0.6) is 0 Å². The predicted molar refractivity (Wildman–Crippen MR) is 85.7 cm³/mol. The molecule has 1 amide bonds. The van der Waals surface area contributed by atoms with Gasteiger partial charge in [-0.25, -0.2) is 4.68 Å². The van der Waals surface area contributed by atoms with Crippen LogP contribution in [-0.4, -0.2) is 95.8 Å². The molecule has 1 aromatic rings. The first kappa shape index (κ1) is 18.2. The number of hydrogen-bond donors (Lipinski definition) is 2. The van der Waals surface area contributed by atoms with Crippen molar-refractivity contribution in [3.8, 4) is 0 Å². The highest BCUT2D eigenvalue weighted by Gasteiger charge is 2.37. The fourth-order valence-electron chi connectivity index (χ4n) is 3.06. The minimum Gasteiger partial charge on any atom is -0.388 e. The van der Waals surface area contributed by atoms with E-state index in [2.05, 4.69) is 20.5 Å². The molecule has 0 radical (unpaired) electrons. The summed E-state index contributed by atoms with van der Waals surface area (Å²) >= 11 is 0. The van der Waals surface area contributed by atoms with Crippen molar-refractivity contribution in [2.75, 3.05) is 46.6 Å². The molecule has 140 valence electrons. The van der Waals surface area contributed by atoms with Crippen molar-refractivity contribution in [1.82, 2.24) is 25.2 Å². The molecule has 2 aliphatic rings. The summed E-state index contributed by atoms with van der Waals surface area (Å²) in [5.74, 6) is -0.284. The third-order valence-corrected chi connectivity index (χ3v) is 4.34. The van der Waals surface area contributed by atoms with Gasteiger partial charge in [0, 0.05) is 32.9 Å². The second-order valence-corrected chi connectivity index (χ2v) is 6.29. The Kier molecular flexibility index (Phi) is 6.32. The Morgan fingerprint density at radius 2 is 2.28 bits per heavy atom. The van der Waals surface area contributed by atoms with Gasteiger partial charge in [-0.3, -0.25) is 9.69 Å². The average molecular weight is 355 g/mol. The van der Waals surface area contributed by atoms with Gasteiger partial charge < -0.3 is 24.6 Å². The maximum absolute atomic E-state index is 11.7. The summed E-state index contributed by atoms with van der Waals surface area (Å²) in [6.45, 7) is 4.52. The lowest BCUT2D eigenvalue weighted by Crippen LogP contribution is -2.49. The van der Waals surface area contributed by atoms with Gasteiger partial charge in [0.2, 0.25) is 5.91 Å². The van der Waals surface area contributed by atoms with Gasteiger partial charge in [-0.15, -0.1) is 5.10 Å². The standard InChI is InChI=1S/C15H25N5O5/c1-23-10-14(22)16-15-12(21)9-25-13(15)8-20-7-11(17-18-20)6-19-2-4-24-5-3-19/h7,12-13,15,21H,2-6,8-10H2,1H3,(H,16,22)/t12-,13+,15+/m0/s1. The lowest BCUT2D eigenvalue weighted by Gasteiger charge is -2.25. The first-order chi connectivity index (χ1) is 12.2. The van der Waals surface area contributed by atoms with E-state index in [-0.39, 0.29) is 25.2 Å². The summed E-state index contributed by atoms with van der Waals surface area (Å²) in [6.07, 6.45) is 0.758. The number of aliphatic hydroxyl groups is 1. The number of nitrogens with one attached hydrogen (secondary N) is 1. The van der Waals surface area contributed by atoms with Gasteiger partial charge in [-0.1, -0.05) is 5.21 Å². The monoisotopic (exact) mass is 355 g/mol. The summed E-state index contributed by atoms with van der Waals surface area (Å²) < 4.78 is 17.4. The van der Waals surface area contributed by atoms with Gasteiger partial charge in [0.25, 0.3) is 0 Å². The fraction of sp³-hybridized carbons (Fsp3) is 0.800. The molecule has 1 aromatic heterocycles. The molecular weight excluding hydrogens is 330 g/mol. The van der Waals surface area contributed by atoms with E-state index in [0.29, 0.717) is 6.54 Å². The molecule has 10 heteroatoms. The number of nitrogens with zero attached hydrogens (tertiary/aromatic N) is 4. The number of aromatic nitrogens is 3. The summed E-state index contributed by atoms with van der Waals surface area (Å²) in [5, 5.41) is 21.1. The van der Waals surface area contributed by atoms with Gasteiger partial charge in [-0.05, 0) is 0 Å². The Morgan fingerprint density at radius 3 is 3.04 bits per heavy atom. The molecule has 0 bridgehead atoms. The maximum atomic E-state index is 11.7. The molecule has 0 aromatic carbocycles. The number of ether oxygens (including phenoxy) is 3. The quantitative estimate of drug-likeness (QED) is 0.578. The van der Waals surface area contributed by atoms with Gasteiger partial charge in [-0.2, -0.15) is 0 Å². The van der Waals surface area contributed by atoms with Crippen molar-refractivity contribution < 1.29 is 24.1 Å². The second kappa shape index (κ2) is 8.68. The fourth-order valence-corrected chi connectivity index (χ4v) is 3.06. The lowest BCUT2D eigenvalue weighted by atomic mass is 10.1. The van der Waals surface area contributed by atoms with Gasteiger partial charge in [0.05, 0.1) is 44.2 Å². The number of rotatable bonds is 7. The molecule has 3 atom stereocenters. The van der Waals surface area contributed by atoms with Gasteiger partial charge >= 0.3 is 0 Å². The Bertz CT molecular complexity index is 562. The average Bonchev–Trinajstić information content (AvgIpc) is 3.18. The van der Waals surface area contributed by atoms with Crippen LogP contribution >= 0.6 is 0 Å². The normalized spacial score (nSPS) is 27.5. The summed E-state index contributed by atoms with van der Waals surface area (Å²) in [4.78, 5) is 14.0. The first-order valence-electron chi connectivity index (χ1n) is 8.43. The smallest absolute Gasteiger partial charge is 0.246 e. The van der Waals surface area contributed by atoms with E-state index in [0.717, 1.165) is 38.5 Å². The van der Waals surface area contributed by atoms with Crippen LogP contribution in [0.3, 0.4) is 0 Å². The van der Waals surface area contributed by atoms with Crippen LogP contribution in [0.1, 0.15) is 5.69 Å². The topological polar surface area (TPSA) is 111 Å². The van der Waals surface area contributed by atoms with Crippen molar-refractivity contribution in [2.45, 2.75) is 31.3 Å². The van der Waals surface area contributed by atoms with Gasteiger partial charge in [0.15, 0.2) is 0 Å². The number of hydrogen-bond acceptors (Lipinski definition) is 8.